The van der Waals surface area contributed by atoms with Crippen LogP contribution >= 0.6 is 0 Å². The van der Waals surface area contributed by atoms with Crippen molar-refractivity contribution >= 4 is 11.6 Å². The maximum absolute atomic E-state index is 5.48. The highest BCUT2D eigenvalue weighted by Crippen LogP contribution is 2.35. The van der Waals surface area contributed by atoms with E-state index in [1.165, 1.54) is 6.42 Å². The molecule has 1 unspecified atom stereocenters. The summed E-state index contributed by atoms with van der Waals surface area (Å²) in [5, 5.41) is 0. The standard InChI is InChI=1S/C14H25N5/c1-5-11-16-12(18-15)8-13(17-11)19-7-6-10(9-19)14(2,3)4/h8,10H,5-7,9,15H2,1-4H3,(H,16,17,18). The van der Waals surface area contributed by atoms with E-state index in [-0.39, 0.29) is 0 Å². The van der Waals surface area contributed by atoms with Gasteiger partial charge in [0.1, 0.15) is 17.5 Å². The highest BCUT2D eigenvalue weighted by atomic mass is 15.3. The Balaban J connectivity index is 2.19. The number of rotatable bonds is 3. The molecular formula is C14H25N5. The molecule has 106 valence electrons. The van der Waals surface area contributed by atoms with Gasteiger partial charge >= 0.3 is 0 Å². The Labute approximate surface area is 115 Å². The molecule has 1 aromatic rings. The van der Waals surface area contributed by atoms with Crippen molar-refractivity contribution in [3.8, 4) is 0 Å². The molecular weight excluding hydrogens is 238 g/mol. The first-order valence-corrected chi connectivity index (χ1v) is 7.03. The van der Waals surface area contributed by atoms with Gasteiger partial charge in [0.05, 0.1) is 0 Å². The smallest absolute Gasteiger partial charge is 0.145 e. The molecule has 1 fully saturated rings. The molecule has 1 aliphatic heterocycles. The highest BCUT2D eigenvalue weighted by molar-refractivity contribution is 5.49. The number of aryl methyl sites for hydroxylation is 1. The van der Waals surface area contributed by atoms with E-state index in [1.54, 1.807) is 0 Å². The molecule has 0 amide bonds. The van der Waals surface area contributed by atoms with E-state index in [1.807, 2.05) is 6.07 Å². The maximum atomic E-state index is 5.48. The molecule has 1 aromatic heterocycles. The Bertz CT molecular complexity index is 416. The van der Waals surface area contributed by atoms with Gasteiger partial charge in [0.25, 0.3) is 0 Å². The second-order valence-corrected chi connectivity index (χ2v) is 6.32. The quantitative estimate of drug-likeness (QED) is 0.646. The van der Waals surface area contributed by atoms with Crippen molar-refractivity contribution in [2.45, 2.75) is 40.5 Å². The molecule has 0 radical (unpaired) electrons. The fourth-order valence-electron chi connectivity index (χ4n) is 2.55. The largest absolute Gasteiger partial charge is 0.356 e. The lowest BCUT2D eigenvalue weighted by molar-refractivity contribution is 0.263. The van der Waals surface area contributed by atoms with Gasteiger partial charge in [-0.1, -0.05) is 27.7 Å². The molecule has 0 bridgehead atoms. The third-order valence-electron chi connectivity index (χ3n) is 3.96. The lowest BCUT2D eigenvalue weighted by Crippen LogP contribution is -2.27. The lowest BCUT2D eigenvalue weighted by Gasteiger charge is -2.27. The topological polar surface area (TPSA) is 67.1 Å². The molecule has 1 atom stereocenters. The van der Waals surface area contributed by atoms with Crippen LogP contribution < -0.4 is 16.2 Å². The van der Waals surface area contributed by atoms with Crippen LogP contribution in [0, 0.1) is 11.3 Å². The molecule has 0 aromatic carbocycles. The van der Waals surface area contributed by atoms with Crippen molar-refractivity contribution < 1.29 is 0 Å². The Hall–Kier alpha value is -1.36. The summed E-state index contributed by atoms with van der Waals surface area (Å²) in [5.74, 6) is 8.71. The average molecular weight is 263 g/mol. The van der Waals surface area contributed by atoms with Crippen LogP contribution in [0.15, 0.2) is 6.07 Å². The summed E-state index contributed by atoms with van der Waals surface area (Å²) in [6, 6.07) is 1.93. The first kappa shape index (κ1) is 14.1. The van der Waals surface area contributed by atoms with Crippen molar-refractivity contribution in [2.75, 3.05) is 23.4 Å². The summed E-state index contributed by atoms with van der Waals surface area (Å²) in [6.45, 7) is 11.1. The minimum atomic E-state index is 0.352. The molecule has 2 heterocycles. The summed E-state index contributed by atoms with van der Waals surface area (Å²) in [5.41, 5.74) is 2.98. The van der Waals surface area contributed by atoms with Gasteiger partial charge in [-0.25, -0.2) is 15.8 Å². The van der Waals surface area contributed by atoms with E-state index < -0.39 is 0 Å². The predicted octanol–water partition coefficient (Wildman–Crippen LogP) is 2.20. The maximum Gasteiger partial charge on any atom is 0.145 e. The molecule has 0 aliphatic carbocycles. The number of hydrogen-bond acceptors (Lipinski definition) is 5. The monoisotopic (exact) mass is 263 g/mol. The minimum absolute atomic E-state index is 0.352. The van der Waals surface area contributed by atoms with Crippen LogP contribution in [0.3, 0.4) is 0 Å². The summed E-state index contributed by atoms with van der Waals surface area (Å²) >= 11 is 0. The van der Waals surface area contributed by atoms with E-state index in [0.29, 0.717) is 17.2 Å². The normalized spacial score (nSPS) is 19.8. The molecule has 1 saturated heterocycles. The summed E-state index contributed by atoms with van der Waals surface area (Å²) < 4.78 is 0. The van der Waals surface area contributed by atoms with Crippen LogP contribution in [-0.2, 0) is 6.42 Å². The van der Waals surface area contributed by atoms with Crippen molar-refractivity contribution in [1.29, 1.82) is 0 Å². The Kier molecular flexibility index (Phi) is 3.94. The van der Waals surface area contributed by atoms with Crippen molar-refractivity contribution in [3.05, 3.63) is 11.9 Å². The van der Waals surface area contributed by atoms with Crippen LogP contribution in [-0.4, -0.2) is 23.1 Å². The van der Waals surface area contributed by atoms with Crippen molar-refractivity contribution in [2.24, 2.45) is 17.2 Å². The number of nitrogens with zero attached hydrogens (tertiary/aromatic N) is 3. The second kappa shape index (κ2) is 5.33. The molecule has 0 spiro atoms. The van der Waals surface area contributed by atoms with E-state index in [4.69, 9.17) is 5.84 Å². The molecule has 5 nitrogen and oxygen atoms in total. The number of nitrogens with one attached hydrogen (secondary N) is 1. The third-order valence-corrected chi connectivity index (χ3v) is 3.96. The lowest BCUT2D eigenvalue weighted by atomic mass is 9.80. The summed E-state index contributed by atoms with van der Waals surface area (Å²) in [7, 11) is 0. The number of nitrogen functional groups attached to an aromatic ring is 1. The van der Waals surface area contributed by atoms with Gasteiger partial charge in [0.15, 0.2) is 0 Å². The van der Waals surface area contributed by atoms with Gasteiger partial charge < -0.3 is 10.3 Å². The molecule has 0 saturated carbocycles. The van der Waals surface area contributed by atoms with Gasteiger partial charge in [-0.2, -0.15) is 0 Å². The van der Waals surface area contributed by atoms with Gasteiger partial charge in [0.2, 0.25) is 0 Å². The average Bonchev–Trinajstić information content (AvgIpc) is 2.87. The van der Waals surface area contributed by atoms with E-state index in [2.05, 4.69) is 48.0 Å². The van der Waals surface area contributed by atoms with Crippen molar-refractivity contribution in [3.63, 3.8) is 0 Å². The van der Waals surface area contributed by atoms with E-state index in [9.17, 15) is 0 Å². The predicted molar refractivity (Wildman–Crippen MR) is 79.0 cm³/mol. The van der Waals surface area contributed by atoms with Gasteiger partial charge in [0, 0.05) is 25.6 Å². The number of aromatic nitrogens is 2. The Morgan fingerprint density at radius 1 is 1.42 bits per heavy atom. The fourth-order valence-corrected chi connectivity index (χ4v) is 2.55. The van der Waals surface area contributed by atoms with Crippen LogP contribution in [0.4, 0.5) is 11.6 Å². The molecule has 5 heteroatoms. The molecule has 2 rings (SSSR count). The first-order chi connectivity index (χ1) is 8.94. The number of anilines is 2. The number of hydrogen-bond donors (Lipinski definition) is 2. The first-order valence-electron chi connectivity index (χ1n) is 7.03. The highest BCUT2D eigenvalue weighted by Gasteiger charge is 2.32. The minimum Gasteiger partial charge on any atom is -0.356 e. The third kappa shape index (κ3) is 3.15. The van der Waals surface area contributed by atoms with E-state index in [0.717, 1.165) is 31.2 Å². The second-order valence-electron chi connectivity index (χ2n) is 6.32. The van der Waals surface area contributed by atoms with Gasteiger partial charge in [-0.15, -0.1) is 0 Å². The summed E-state index contributed by atoms with van der Waals surface area (Å²) in [6.07, 6.45) is 2.04. The summed E-state index contributed by atoms with van der Waals surface area (Å²) in [4.78, 5) is 11.3. The zero-order chi connectivity index (χ0) is 14.0. The van der Waals surface area contributed by atoms with Crippen LogP contribution in [0.1, 0.15) is 39.9 Å². The van der Waals surface area contributed by atoms with Gasteiger partial charge in [-0.3, -0.25) is 0 Å². The van der Waals surface area contributed by atoms with Crippen LogP contribution in [0.2, 0.25) is 0 Å². The SMILES string of the molecule is CCc1nc(NN)cc(N2CCC(C(C)(C)C)C2)n1. The van der Waals surface area contributed by atoms with Crippen LogP contribution in [0.25, 0.3) is 0 Å². The number of nitrogens with two attached hydrogens (primary N) is 1. The van der Waals surface area contributed by atoms with Crippen LogP contribution in [0.5, 0.6) is 0 Å². The Morgan fingerprint density at radius 3 is 2.68 bits per heavy atom. The molecule has 3 N–H and O–H groups in total. The number of hydrazine groups is 1. The fraction of sp³-hybridized carbons (Fsp3) is 0.714. The van der Waals surface area contributed by atoms with Gasteiger partial charge in [-0.05, 0) is 17.8 Å². The Morgan fingerprint density at radius 2 is 2.16 bits per heavy atom. The molecule has 19 heavy (non-hydrogen) atoms. The van der Waals surface area contributed by atoms with Crippen molar-refractivity contribution in [1.82, 2.24) is 9.97 Å². The van der Waals surface area contributed by atoms with E-state index >= 15 is 0 Å². The zero-order valence-corrected chi connectivity index (χ0v) is 12.4. The zero-order valence-electron chi connectivity index (χ0n) is 12.4. The molecule has 1 aliphatic rings.